The molecule has 0 nitrogen and oxygen atoms in total. The Morgan fingerprint density at radius 3 is 2.24 bits per heavy atom. The predicted molar refractivity (Wildman–Crippen MR) is 94.1 cm³/mol. The number of allylic oxidation sites excluding steroid dienone is 1. The van der Waals surface area contributed by atoms with Gasteiger partial charge in [-0.2, -0.15) is 0 Å². The second-order valence-electron chi connectivity index (χ2n) is 4.94. The topological polar surface area (TPSA) is 0 Å². The average Bonchev–Trinajstić information content (AvgIpc) is 2.47. The minimum Gasteiger partial charge on any atom is -0.0870 e. The summed E-state index contributed by atoms with van der Waals surface area (Å²) in [7, 11) is 0. The van der Waals surface area contributed by atoms with Crippen molar-refractivity contribution >= 4 is 40.1 Å². The SMILES string of the molecule is C/C=C/c1cc(Cl)ccc1-c1ccc2cc(Cl)ccc2c1. The van der Waals surface area contributed by atoms with Gasteiger partial charge in [0.25, 0.3) is 0 Å². The maximum atomic E-state index is 6.10. The van der Waals surface area contributed by atoms with E-state index in [2.05, 4.69) is 30.3 Å². The summed E-state index contributed by atoms with van der Waals surface area (Å²) in [4.78, 5) is 0. The van der Waals surface area contributed by atoms with Crippen LogP contribution in [-0.4, -0.2) is 0 Å². The molecule has 0 unspecified atom stereocenters. The Hall–Kier alpha value is -1.76. The monoisotopic (exact) mass is 312 g/mol. The highest BCUT2D eigenvalue weighted by molar-refractivity contribution is 6.31. The van der Waals surface area contributed by atoms with Gasteiger partial charge in [0.2, 0.25) is 0 Å². The molecule has 3 rings (SSSR count). The lowest BCUT2D eigenvalue weighted by atomic mass is 9.97. The van der Waals surface area contributed by atoms with Crippen LogP contribution >= 0.6 is 23.2 Å². The van der Waals surface area contributed by atoms with Gasteiger partial charge in [-0.15, -0.1) is 0 Å². The summed E-state index contributed by atoms with van der Waals surface area (Å²) in [6.45, 7) is 2.01. The Kier molecular flexibility index (Phi) is 4.01. The highest BCUT2D eigenvalue weighted by atomic mass is 35.5. The lowest BCUT2D eigenvalue weighted by molar-refractivity contribution is 1.60. The third-order valence-corrected chi connectivity index (χ3v) is 3.94. The van der Waals surface area contributed by atoms with Crippen LogP contribution in [0, 0.1) is 0 Å². The summed E-state index contributed by atoms with van der Waals surface area (Å²) in [6.07, 6.45) is 4.10. The summed E-state index contributed by atoms with van der Waals surface area (Å²) < 4.78 is 0. The maximum absolute atomic E-state index is 6.10. The van der Waals surface area contributed by atoms with Gasteiger partial charge in [0.05, 0.1) is 0 Å². The molecular weight excluding hydrogens is 299 g/mol. The zero-order valence-electron chi connectivity index (χ0n) is 11.6. The van der Waals surface area contributed by atoms with E-state index in [0.29, 0.717) is 0 Å². The van der Waals surface area contributed by atoms with Crippen molar-refractivity contribution in [2.45, 2.75) is 6.92 Å². The molecular formula is C19H14Cl2. The maximum Gasteiger partial charge on any atom is 0.0412 e. The molecule has 0 bridgehead atoms. The molecule has 0 radical (unpaired) electrons. The van der Waals surface area contributed by atoms with Crippen molar-refractivity contribution < 1.29 is 0 Å². The number of hydrogen-bond acceptors (Lipinski definition) is 0. The van der Waals surface area contributed by atoms with Crippen LogP contribution in [0.3, 0.4) is 0 Å². The van der Waals surface area contributed by atoms with Crippen molar-refractivity contribution in [3.05, 3.63) is 76.3 Å². The summed E-state index contributed by atoms with van der Waals surface area (Å²) in [6, 6.07) is 18.3. The molecule has 21 heavy (non-hydrogen) atoms. The largest absolute Gasteiger partial charge is 0.0870 e. The first-order valence-electron chi connectivity index (χ1n) is 6.79. The molecule has 0 N–H and O–H groups in total. The van der Waals surface area contributed by atoms with E-state index in [-0.39, 0.29) is 0 Å². The minimum absolute atomic E-state index is 0.749. The van der Waals surface area contributed by atoms with E-state index in [1.807, 2.05) is 43.3 Å². The Bertz CT molecular complexity index is 832. The van der Waals surface area contributed by atoms with E-state index < -0.39 is 0 Å². The number of benzene rings is 3. The van der Waals surface area contributed by atoms with Crippen LogP contribution in [-0.2, 0) is 0 Å². The van der Waals surface area contributed by atoms with Gasteiger partial charge in [-0.3, -0.25) is 0 Å². The fourth-order valence-corrected chi connectivity index (χ4v) is 2.86. The van der Waals surface area contributed by atoms with E-state index in [4.69, 9.17) is 23.2 Å². The molecule has 0 aromatic heterocycles. The fraction of sp³-hybridized carbons (Fsp3) is 0.0526. The van der Waals surface area contributed by atoms with Gasteiger partial charge >= 0.3 is 0 Å². The smallest absolute Gasteiger partial charge is 0.0412 e. The number of hydrogen-bond donors (Lipinski definition) is 0. The van der Waals surface area contributed by atoms with Crippen LogP contribution in [0.25, 0.3) is 28.0 Å². The number of fused-ring (bicyclic) bond motifs is 1. The Morgan fingerprint density at radius 1 is 0.762 bits per heavy atom. The van der Waals surface area contributed by atoms with E-state index in [1.165, 1.54) is 16.5 Å². The van der Waals surface area contributed by atoms with E-state index in [0.717, 1.165) is 21.0 Å². The van der Waals surface area contributed by atoms with E-state index in [9.17, 15) is 0 Å². The van der Waals surface area contributed by atoms with Gasteiger partial charge in [-0.05, 0) is 64.7 Å². The summed E-state index contributed by atoms with van der Waals surface area (Å²) in [5.74, 6) is 0. The summed E-state index contributed by atoms with van der Waals surface area (Å²) in [5, 5.41) is 3.84. The first-order chi connectivity index (χ1) is 10.2. The van der Waals surface area contributed by atoms with Crippen molar-refractivity contribution in [3.8, 4) is 11.1 Å². The molecule has 0 amide bonds. The molecule has 0 aliphatic rings. The third-order valence-electron chi connectivity index (χ3n) is 3.47. The molecule has 0 aliphatic heterocycles. The molecule has 104 valence electrons. The van der Waals surface area contributed by atoms with Crippen molar-refractivity contribution in [1.29, 1.82) is 0 Å². The normalized spacial score (nSPS) is 11.4. The predicted octanol–water partition coefficient (Wildman–Crippen LogP) is 6.85. The highest BCUT2D eigenvalue weighted by Gasteiger charge is 2.05. The molecule has 3 aromatic rings. The van der Waals surface area contributed by atoms with Crippen LogP contribution in [0.5, 0.6) is 0 Å². The van der Waals surface area contributed by atoms with E-state index in [1.54, 1.807) is 0 Å². The first kappa shape index (κ1) is 14.2. The zero-order valence-corrected chi connectivity index (χ0v) is 13.1. The van der Waals surface area contributed by atoms with Crippen molar-refractivity contribution in [2.24, 2.45) is 0 Å². The fourth-order valence-electron chi connectivity index (χ4n) is 2.50. The van der Waals surface area contributed by atoms with Crippen LogP contribution in [0.15, 0.2) is 60.7 Å². The van der Waals surface area contributed by atoms with Gasteiger partial charge in [-0.25, -0.2) is 0 Å². The number of rotatable bonds is 2. The molecule has 0 atom stereocenters. The van der Waals surface area contributed by atoms with Gasteiger partial charge in [0.1, 0.15) is 0 Å². The van der Waals surface area contributed by atoms with Crippen LogP contribution in [0.2, 0.25) is 10.0 Å². The van der Waals surface area contributed by atoms with Crippen molar-refractivity contribution in [1.82, 2.24) is 0 Å². The Morgan fingerprint density at radius 2 is 1.43 bits per heavy atom. The van der Waals surface area contributed by atoms with Gasteiger partial charge in [0, 0.05) is 10.0 Å². The third kappa shape index (κ3) is 2.97. The lowest BCUT2D eigenvalue weighted by Crippen LogP contribution is -1.84. The Labute approximate surface area is 134 Å². The molecule has 0 spiro atoms. The standard InChI is InChI=1S/C19H14Cl2/c1-2-3-15-12-18(21)8-9-19(15)16-5-4-14-11-17(20)7-6-13(14)10-16/h2-12H,1H3/b3-2+. The quantitative estimate of drug-likeness (QED) is 0.485. The molecule has 3 aromatic carbocycles. The second kappa shape index (κ2) is 5.93. The molecule has 0 aliphatic carbocycles. The van der Waals surface area contributed by atoms with E-state index >= 15 is 0 Å². The van der Waals surface area contributed by atoms with Crippen molar-refractivity contribution in [3.63, 3.8) is 0 Å². The van der Waals surface area contributed by atoms with Crippen LogP contribution in [0.4, 0.5) is 0 Å². The second-order valence-corrected chi connectivity index (χ2v) is 5.81. The van der Waals surface area contributed by atoms with Crippen LogP contribution < -0.4 is 0 Å². The Balaban J connectivity index is 2.18. The van der Waals surface area contributed by atoms with Gasteiger partial charge < -0.3 is 0 Å². The molecule has 0 saturated heterocycles. The molecule has 0 saturated carbocycles. The highest BCUT2D eigenvalue weighted by Crippen LogP contribution is 2.30. The van der Waals surface area contributed by atoms with Crippen molar-refractivity contribution in [2.75, 3.05) is 0 Å². The minimum atomic E-state index is 0.749. The summed E-state index contributed by atoms with van der Waals surface area (Å²) >= 11 is 12.1. The average molecular weight is 313 g/mol. The first-order valence-corrected chi connectivity index (χ1v) is 7.55. The lowest BCUT2D eigenvalue weighted by Gasteiger charge is -2.09. The summed E-state index contributed by atoms with van der Waals surface area (Å²) in [5.41, 5.74) is 3.47. The van der Waals surface area contributed by atoms with Gasteiger partial charge in [0.15, 0.2) is 0 Å². The molecule has 0 fully saturated rings. The number of halogens is 2. The van der Waals surface area contributed by atoms with Gasteiger partial charge in [-0.1, -0.05) is 59.6 Å². The zero-order chi connectivity index (χ0) is 14.8. The molecule has 0 heterocycles. The molecule has 2 heteroatoms. The van der Waals surface area contributed by atoms with Crippen LogP contribution in [0.1, 0.15) is 12.5 Å².